The predicted octanol–water partition coefficient (Wildman–Crippen LogP) is 2.97. The van der Waals surface area contributed by atoms with E-state index in [4.69, 9.17) is 0 Å². The van der Waals surface area contributed by atoms with Crippen LogP contribution in [0.2, 0.25) is 0 Å². The molecule has 1 saturated heterocycles. The van der Waals surface area contributed by atoms with Crippen LogP contribution in [0.5, 0.6) is 0 Å². The molecule has 1 saturated carbocycles. The Labute approximate surface area is 122 Å². The van der Waals surface area contributed by atoms with Crippen molar-refractivity contribution in [3.63, 3.8) is 0 Å². The first-order valence-electron chi connectivity index (χ1n) is 7.51. The molecule has 2 fully saturated rings. The fraction of sp³-hybridized carbons (Fsp3) is 0.667. The minimum Gasteiger partial charge on any atom is -0.334 e. The quantitative estimate of drug-likeness (QED) is 0.842. The summed E-state index contributed by atoms with van der Waals surface area (Å²) >= 11 is 0. The van der Waals surface area contributed by atoms with E-state index in [-0.39, 0.29) is 43.6 Å². The predicted molar refractivity (Wildman–Crippen MR) is 72.6 cm³/mol. The van der Waals surface area contributed by atoms with Crippen molar-refractivity contribution >= 4 is 5.91 Å². The fourth-order valence-corrected chi connectivity index (χ4v) is 3.34. The first kappa shape index (κ1) is 14.4. The average molecular weight is 295 g/mol. The highest BCUT2D eigenvalue weighted by Gasteiger charge is 2.41. The molecule has 0 N–H and O–H groups in total. The zero-order valence-electron chi connectivity index (χ0n) is 11.8. The maximum atomic E-state index is 13.2. The number of likely N-dealkylation sites (tertiary alicyclic amines) is 1. The van der Waals surface area contributed by atoms with Crippen molar-refractivity contribution in [3.8, 4) is 0 Å². The van der Waals surface area contributed by atoms with Gasteiger partial charge in [0.15, 0.2) is 0 Å². The molecule has 1 amide bonds. The van der Waals surface area contributed by atoms with E-state index in [1.165, 1.54) is 0 Å². The molecule has 1 aromatic rings. The Morgan fingerprint density at radius 1 is 1.24 bits per heavy atom. The molecule has 6 heteroatoms. The second kappa shape index (κ2) is 5.66. The molecule has 1 atom stereocenters. The van der Waals surface area contributed by atoms with Crippen LogP contribution in [0.1, 0.15) is 50.3 Å². The summed E-state index contributed by atoms with van der Waals surface area (Å²) in [5, 5.41) is 0. The molecule has 1 aromatic heterocycles. The lowest BCUT2D eigenvalue weighted by Gasteiger charge is -2.32. The molecule has 0 bridgehead atoms. The van der Waals surface area contributed by atoms with Gasteiger partial charge in [0.1, 0.15) is 0 Å². The summed E-state index contributed by atoms with van der Waals surface area (Å²) in [5.41, 5.74) is 0.796. The molecule has 21 heavy (non-hydrogen) atoms. The third-order valence-electron chi connectivity index (χ3n) is 4.53. The summed E-state index contributed by atoms with van der Waals surface area (Å²) in [6.45, 7) is 0.687. The van der Waals surface area contributed by atoms with Crippen LogP contribution in [0.15, 0.2) is 18.6 Å². The van der Waals surface area contributed by atoms with E-state index in [1.807, 2.05) is 4.90 Å². The van der Waals surface area contributed by atoms with Crippen LogP contribution in [0.4, 0.5) is 8.78 Å². The Bertz CT molecular complexity index is 499. The molecule has 1 unspecified atom stereocenters. The number of halogens is 2. The Kier molecular flexibility index (Phi) is 3.87. The molecule has 4 nitrogen and oxygen atoms in total. The van der Waals surface area contributed by atoms with Crippen molar-refractivity contribution in [3.05, 3.63) is 24.3 Å². The number of hydrogen-bond acceptors (Lipinski definition) is 3. The molecule has 0 spiro atoms. The number of carbonyl (C=O) groups is 1. The molecule has 0 radical (unpaired) electrons. The third-order valence-corrected chi connectivity index (χ3v) is 4.53. The van der Waals surface area contributed by atoms with Gasteiger partial charge in [0.25, 0.3) is 0 Å². The standard InChI is InChI=1S/C15H19F2N3O/c16-15(17)5-3-11(4-6-15)14(21)20-9-1-2-13(20)12-10-18-7-8-19-12/h7-8,10-11,13H,1-6,9H2. The first-order valence-corrected chi connectivity index (χ1v) is 7.51. The lowest BCUT2D eigenvalue weighted by molar-refractivity contribution is -0.140. The molecule has 114 valence electrons. The van der Waals surface area contributed by atoms with E-state index >= 15 is 0 Å². The zero-order valence-corrected chi connectivity index (χ0v) is 11.8. The molecule has 2 heterocycles. The number of amides is 1. The van der Waals surface area contributed by atoms with Crippen molar-refractivity contribution in [2.24, 2.45) is 5.92 Å². The number of rotatable bonds is 2. The van der Waals surface area contributed by atoms with E-state index in [9.17, 15) is 13.6 Å². The van der Waals surface area contributed by atoms with Gasteiger partial charge in [0.2, 0.25) is 11.8 Å². The van der Waals surface area contributed by atoms with E-state index in [0.717, 1.165) is 18.5 Å². The lowest BCUT2D eigenvalue weighted by Crippen LogP contribution is -2.39. The van der Waals surface area contributed by atoms with Crippen LogP contribution in [-0.4, -0.2) is 33.2 Å². The number of aromatic nitrogens is 2. The van der Waals surface area contributed by atoms with Gasteiger partial charge in [0, 0.05) is 37.7 Å². The maximum Gasteiger partial charge on any atom is 0.248 e. The largest absolute Gasteiger partial charge is 0.334 e. The maximum absolute atomic E-state index is 13.2. The van der Waals surface area contributed by atoms with Crippen LogP contribution in [0.3, 0.4) is 0 Å². The minimum absolute atomic E-state index is 0.0126. The average Bonchev–Trinajstić information content (AvgIpc) is 2.97. The number of nitrogens with zero attached hydrogens (tertiary/aromatic N) is 3. The third kappa shape index (κ3) is 3.04. The van der Waals surface area contributed by atoms with Crippen molar-refractivity contribution in [2.75, 3.05) is 6.54 Å². The highest BCUT2D eigenvalue weighted by Crippen LogP contribution is 2.39. The summed E-state index contributed by atoms with van der Waals surface area (Å²) in [6, 6.07) is -0.0476. The summed E-state index contributed by atoms with van der Waals surface area (Å²) in [7, 11) is 0. The minimum atomic E-state index is -2.59. The van der Waals surface area contributed by atoms with Crippen molar-refractivity contribution < 1.29 is 13.6 Å². The van der Waals surface area contributed by atoms with Crippen molar-refractivity contribution in [2.45, 2.75) is 50.5 Å². The Morgan fingerprint density at radius 3 is 2.67 bits per heavy atom. The number of carbonyl (C=O) groups excluding carboxylic acids is 1. The van der Waals surface area contributed by atoms with Crippen molar-refractivity contribution in [1.82, 2.24) is 14.9 Å². The molecular weight excluding hydrogens is 276 g/mol. The van der Waals surface area contributed by atoms with E-state index in [1.54, 1.807) is 18.6 Å². The second-order valence-electron chi connectivity index (χ2n) is 5.95. The van der Waals surface area contributed by atoms with Gasteiger partial charge >= 0.3 is 0 Å². The molecule has 2 aliphatic rings. The van der Waals surface area contributed by atoms with Gasteiger partial charge < -0.3 is 4.90 Å². The molecule has 1 aliphatic heterocycles. The zero-order chi connectivity index (χ0) is 14.9. The Hall–Kier alpha value is -1.59. The van der Waals surface area contributed by atoms with Crippen molar-refractivity contribution in [1.29, 1.82) is 0 Å². The highest BCUT2D eigenvalue weighted by molar-refractivity contribution is 5.79. The monoisotopic (exact) mass is 295 g/mol. The molecule has 0 aromatic carbocycles. The van der Waals surface area contributed by atoms with Gasteiger partial charge in [-0.3, -0.25) is 14.8 Å². The lowest BCUT2D eigenvalue weighted by atomic mass is 9.85. The Morgan fingerprint density at radius 2 is 2.00 bits per heavy atom. The molecule has 3 rings (SSSR count). The van der Waals surface area contributed by atoms with E-state index < -0.39 is 5.92 Å². The van der Waals surface area contributed by atoms with Crippen LogP contribution in [0.25, 0.3) is 0 Å². The highest BCUT2D eigenvalue weighted by atomic mass is 19.3. The van der Waals surface area contributed by atoms with Gasteiger partial charge in [-0.25, -0.2) is 8.78 Å². The SMILES string of the molecule is O=C(C1CCC(F)(F)CC1)N1CCCC1c1cnccn1. The number of alkyl halides is 2. The van der Waals surface area contributed by atoms with Crippen LogP contribution < -0.4 is 0 Å². The van der Waals surface area contributed by atoms with Gasteiger partial charge in [-0.15, -0.1) is 0 Å². The summed E-state index contributed by atoms with van der Waals surface area (Å²) in [5.74, 6) is -2.84. The van der Waals surface area contributed by atoms with Gasteiger partial charge in [-0.05, 0) is 25.7 Å². The van der Waals surface area contributed by atoms with E-state index in [0.29, 0.717) is 6.54 Å². The van der Waals surface area contributed by atoms with E-state index in [2.05, 4.69) is 9.97 Å². The fourth-order valence-electron chi connectivity index (χ4n) is 3.34. The molecular formula is C15H19F2N3O. The second-order valence-corrected chi connectivity index (χ2v) is 5.95. The van der Waals surface area contributed by atoms with Crippen LogP contribution in [0, 0.1) is 5.92 Å². The first-order chi connectivity index (χ1) is 10.1. The van der Waals surface area contributed by atoms with Gasteiger partial charge in [0.05, 0.1) is 17.9 Å². The van der Waals surface area contributed by atoms with Gasteiger partial charge in [-0.1, -0.05) is 0 Å². The van der Waals surface area contributed by atoms with Crippen LogP contribution >= 0.6 is 0 Å². The van der Waals surface area contributed by atoms with Crippen LogP contribution in [-0.2, 0) is 4.79 Å². The normalized spacial score (nSPS) is 26.0. The Balaban J connectivity index is 1.69. The van der Waals surface area contributed by atoms with Gasteiger partial charge in [-0.2, -0.15) is 0 Å². The topological polar surface area (TPSA) is 46.1 Å². The summed E-state index contributed by atoms with van der Waals surface area (Å²) < 4.78 is 26.4. The molecule has 1 aliphatic carbocycles. The smallest absolute Gasteiger partial charge is 0.248 e. The summed E-state index contributed by atoms with van der Waals surface area (Å²) in [6.07, 6.45) is 6.94. The number of hydrogen-bond donors (Lipinski definition) is 0. The summed E-state index contributed by atoms with van der Waals surface area (Å²) in [4.78, 5) is 22.8.